The highest BCUT2D eigenvalue weighted by Crippen LogP contribution is 2.18. The van der Waals surface area contributed by atoms with Crippen molar-refractivity contribution in [2.24, 2.45) is 0 Å². The maximum Gasteiger partial charge on any atom is 0.267 e. The summed E-state index contributed by atoms with van der Waals surface area (Å²) >= 11 is 5.91. The van der Waals surface area contributed by atoms with E-state index in [2.05, 4.69) is 22.5 Å². The van der Waals surface area contributed by atoms with Gasteiger partial charge < -0.3 is 5.32 Å². The molecule has 0 saturated carbocycles. The quantitative estimate of drug-likeness (QED) is 0.663. The highest BCUT2D eigenvalue weighted by Gasteiger charge is 2.11. The number of nitrogens with zero attached hydrogens (tertiary/aromatic N) is 2. The van der Waals surface area contributed by atoms with E-state index in [-0.39, 0.29) is 24.1 Å². The zero-order chi connectivity index (χ0) is 19.9. The van der Waals surface area contributed by atoms with Gasteiger partial charge in [0.2, 0.25) is 5.91 Å². The van der Waals surface area contributed by atoms with Crippen LogP contribution in [-0.4, -0.2) is 21.7 Å². The molecule has 1 atom stereocenters. The number of aryl methyl sites for hydroxylation is 1. The third-order valence-corrected chi connectivity index (χ3v) is 4.67. The van der Waals surface area contributed by atoms with Gasteiger partial charge in [-0.15, -0.1) is 0 Å². The molecule has 1 amide bonds. The molecule has 1 heterocycles. The van der Waals surface area contributed by atoms with Gasteiger partial charge in [-0.2, -0.15) is 5.10 Å². The number of hydrogen-bond donors (Lipinski definition) is 1. The standard InChI is InChI=1S/C22H22ClN3O2/c1-16(7-8-17-5-3-2-4-6-17)24-21(27)15-26-22(28)14-13-20(25-26)18-9-11-19(23)12-10-18/h2-6,9-14,16H,7-8,15H2,1H3,(H,24,27)/t16-/m1/s1. The lowest BCUT2D eigenvalue weighted by Crippen LogP contribution is -2.38. The summed E-state index contributed by atoms with van der Waals surface area (Å²) in [6, 6.07) is 20.4. The number of carbonyl (C=O) groups excluding carboxylic acids is 1. The minimum atomic E-state index is -0.315. The molecule has 144 valence electrons. The van der Waals surface area contributed by atoms with Crippen LogP contribution in [0.15, 0.2) is 71.5 Å². The molecule has 3 aromatic rings. The molecular formula is C22H22ClN3O2. The van der Waals surface area contributed by atoms with Crippen molar-refractivity contribution < 1.29 is 4.79 Å². The highest BCUT2D eigenvalue weighted by molar-refractivity contribution is 6.30. The van der Waals surface area contributed by atoms with E-state index in [0.717, 1.165) is 18.4 Å². The SMILES string of the molecule is C[C@H](CCc1ccccc1)NC(=O)Cn1nc(-c2ccc(Cl)cc2)ccc1=O. The van der Waals surface area contributed by atoms with Crippen molar-refractivity contribution >= 4 is 17.5 Å². The third-order valence-electron chi connectivity index (χ3n) is 4.42. The number of hydrogen-bond acceptors (Lipinski definition) is 3. The first-order valence-corrected chi connectivity index (χ1v) is 9.56. The zero-order valence-electron chi connectivity index (χ0n) is 15.6. The van der Waals surface area contributed by atoms with Gasteiger partial charge in [-0.25, -0.2) is 4.68 Å². The lowest BCUT2D eigenvalue weighted by Gasteiger charge is -2.14. The molecular weight excluding hydrogens is 374 g/mol. The number of rotatable bonds is 7. The number of nitrogens with one attached hydrogen (secondary N) is 1. The lowest BCUT2D eigenvalue weighted by molar-refractivity contribution is -0.122. The molecule has 0 bridgehead atoms. The van der Waals surface area contributed by atoms with Crippen LogP contribution in [0, 0.1) is 0 Å². The Bertz CT molecular complexity index is 985. The van der Waals surface area contributed by atoms with E-state index in [1.54, 1.807) is 18.2 Å². The monoisotopic (exact) mass is 395 g/mol. The summed E-state index contributed by atoms with van der Waals surface area (Å²) in [5.41, 5.74) is 2.36. The summed E-state index contributed by atoms with van der Waals surface area (Å²) in [6.45, 7) is 1.84. The first-order chi connectivity index (χ1) is 13.5. The Balaban J connectivity index is 1.61. The second kappa shape index (κ2) is 9.33. The van der Waals surface area contributed by atoms with Gasteiger partial charge in [0.05, 0.1) is 5.69 Å². The summed E-state index contributed by atoms with van der Waals surface area (Å²) in [5, 5.41) is 7.88. The predicted octanol–water partition coefficient (Wildman–Crippen LogP) is 3.70. The minimum Gasteiger partial charge on any atom is -0.352 e. The maximum atomic E-state index is 12.4. The fraction of sp³-hybridized carbons (Fsp3) is 0.227. The topological polar surface area (TPSA) is 64.0 Å². The van der Waals surface area contributed by atoms with E-state index < -0.39 is 0 Å². The lowest BCUT2D eigenvalue weighted by atomic mass is 10.1. The van der Waals surface area contributed by atoms with E-state index in [9.17, 15) is 9.59 Å². The molecule has 1 N–H and O–H groups in total. The van der Waals surface area contributed by atoms with Gasteiger partial charge in [-0.3, -0.25) is 9.59 Å². The van der Waals surface area contributed by atoms with Crippen molar-refractivity contribution in [2.45, 2.75) is 32.4 Å². The van der Waals surface area contributed by atoms with Crippen LogP contribution in [0.25, 0.3) is 11.3 Å². The summed E-state index contributed by atoms with van der Waals surface area (Å²) in [5.74, 6) is -0.233. The number of benzene rings is 2. The fourth-order valence-electron chi connectivity index (χ4n) is 2.89. The molecule has 28 heavy (non-hydrogen) atoms. The van der Waals surface area contributed by atoms with Crippen LogP contribution in [0.5, 0.6) is 0 Å². The molecule has 5 nitrogen and oxygen atoms in total. The van der Waals surface area contributed by atoms with Crippen LogP contribution in [0.4, 0.5) is 0 Å². The van der Waals surface area contributed by atoms with Crippen LogP contribution in [0.2, 0.25) is 5.02 Å². The fourth-order valence-corrected chi connectivity index (χ4v) is 3.02. The minimum absolute atomic E-state index is 0.00264. The van der Waals surface area contributed by atoms with Crippen LogP contribution >= 0.6 is 11.6 Å². The molecule has 0 aliphatic rings. The largest absolute Gasteiger partial charge is 0.352 e. The van der Waals surface area contributed by atoms with Gasteiger partial charge in [0.1, 0.15) is 6.54 Å². The summed E-state index contributed by atoms with van der Waals surface area (Å²) in [4.78, 5) is 24.4. The molecule has 0 aliphatic heterocycles. The van der Waals surface area contributed by atoms with Crippen LogP contribution in [0.1, 0.15) is 18.9 Å². The van der Waals surface area contributed by atoms with Crippen molar-refractivity contribution in [3.05, 3.63) is 87.7 Å². The van der Waals surface area contributed by atoms with Crippen molar-refractivity contribution in [3.8, 4) is 11.3 Å². The summed E-state index contributed by atoms with van der Waals surface area (Å²) in [7, 11) is 0. The summed E-state index contributed by atoms with van der Waals surface area (Å²) < 4.78 is 1.18. The molecule has 0 aliphatic carbocycles. The number of amides is 1. The molecule has 6 heteroatoms. The molecule has 0 unspecified atom stereocenters. The predicted molar refractivity (Wildman–Crippen MR) is 111 cm³/mol. The zero-order valence-corrected chi connectivity index (χ0v) is 16.4. The van der Waals surface area contributed by atoms with Crippen molar-refractivity contribution in [1.82, 2.24) is 15.1 Å². The maximum absolute atomic E-state index is 12.4. The third kappa shape index (κ3) is 5.54. The van der Waals surface area contributed by atoms with Gasteiger partial charge in [0.15, 0.2) is 0 Å². The van der Waals surface area contributed by atoms with Gasteiger partial charge in [-0.05, 0) is 43.5 Å². The second-order valence-electron chi connectivity index (χ2n) is 6.71. The van der Waals surface area contributed by atoms with Crippen molar-refractivity contribution in [3.63, 3.8) is 0 Å². The smallest absolute Gasteiger partial charge is 0.267 e. The molecule has 0 saturated heterocycles. The Morgan fingerprint density at radius 2 is 1.79 bits per heavy atom. The number of aromatic nitrogens is 2. The second-order valence-corrected chi connectivity index (χ2v) is 7.15. The molecule has 0 spiro atoms. The highest BCUT2D eigenvalue weighted by atomic mass is 35.5. The van der Waals surface area contributed by atoms with E-state index in [4.69, 9.17) is 11.6 Å². The molecule has 3 rings (SSSR count). The van der Waals surface area contributed by atoms with Crippen molar-refractivity contribution in [1.29, 1.82) is 0 Å². The average Bonchev–Trinajstić information content (AvgIpc) is 2.69. The van der Waals surface area contributed by atoms with Crippen LogP contribution in [-0.2, 0) is 17.8 Å². The number of carbonyl (C=O) groups is 1. The Morgan fingerprint density at radius 3 is 2.50 bits per heavy atom. The van der Waals surface area contributed by atoms with E-state index in [1.165, 1.54) is 16.3 Å². The van der Waals surface area contributed by atoms with Crippen LogP contribution in [0.3, 0.4) is 0 Å². The Labute approximate surface area is 169 Å². The molecule has 0 radical (unpaired) electrons. The van der Waals surface area contributed by atoms with E-state index in [0.29, 0.717) is 10.7 Å². The summed E-state index contributed by atoms with van der Waals surface area (Å²) in [6.07, 6.45) is 1.70. The van der Waals surface area contributed by atoms with Gasteiger partial charge in [0, 0.05) is 22.7 Å². The van der Waals surface area contributed by atoms with Crippen molar-refractivity contribution in [2.75, 3.05) is 0 Å². The molecule has 1 aromatic heterocycles. The van der Waals surface area contributed by atoms with E-state index in [1.807, 2.05) is 37.3 Å². The van der Waals surface area contributed by atoms with E-state index >= 15 is 0 Å². The normalized spacial score (nSPS) is 11.8. The average molecular weight is 396 g/mol. The van der Waals surface area contributed by atoms with Gasteiger partial charge in [0.25, 0.3) is 5.56 Å². The molecule has 2 aromatic carbocycles. The Kier molecular flexibility index (Phi) is 6.61. The Morgan fingerprint density at radius 1 is 1.07 bits per heavy atom. The number of halogens is 1. The Hall–Kier alpha value is -2.92. The van der Waals surface area contributed by atoms with Gasteiger partial charge >= 0.3 is 0 Å². The van der Waals surface area contributed by atoms with Gasteiger partial charge in [-0.1, -0.05) is 54.1 Å². The first kappa shape index (κ1) is 19.8. The first-order valence-electron chi connectivity index (χ1n) is 9.18. The molecule has 0 fully saturated rings. The van der Waals surface area contributed by atoms with Crippen LogP contribution < -0.4 is 10.9 Å².